The van der Waals surface area contributed by atoms with Crippen molar-refractivity contribution < 1.29 is 24.6 Å². The Morgan fingerprint density at radius 3 is 2.35 bits per heavy atom. The van der Waals surface area contributed by atoms with Crippen molar-refractivity contribution in [3.8, 4) is 5.75 Å². The number of nitrogens with one attached hydrogen (secondary N) is 2. The van der Waals surface area contributed by atoms with Crippen molar-refractivity contribution in [2.24, 2.45) is 0 Å². The number of benzene rings is 3. The summed E-state index contributed by atoms with van der Waals surface area (Å²) in [6.45, 7) is 2.03. The van der Waals surface area contributed by atoms with E-state index in [1.807, 2.05) is 55.5 Å². The molecule has 0 aliphatic heterocycles. The highest BCUT2D eigenvalue weighted by Crippen LogP contribution is 2.37. The Kier molecular flexibility index (Phi) is 8.70. The van der Waals surface area contributed by atoms with Crippen LogP contribution < -0.4 is 10.6 Å². The highest BCUT2D eigenvalue weighted by Gasteiger charge is 2.23. The molecule has 4 N–H and O–H groups in total. The van der Waals surface area contributed by atoms with E-state index in [0.717, 1.165) is 23.3 Å². The number of unbranched alkanes of at least 4 members (excludes halogenated alkanes) is 1. The molecule has 0 aromatic heterocycles. The maximum atomic E-state index is 13.3. The number of aromatic carboxylic acids is 1. The fraction of sp³-hybridized carbons (Fsp3) is 0.192. The Bertz CT molecular complexity index is 1170. The summed E-state index contributed by atoms with van der Waals surface area (Å²) in [5.74, 6) is -2.07. The molecule has 2 amide bonds. The zero-order chi connectivity index (χ0) is 24.5. The number of phenols is 1. The Labute approximate surface area is 202 Å². The van der Waals surface area contributed by atoms with Gasteiger partial charge in [-0.25, -0.2) is 4.79 Å². The second-order valence-electron chi connectivity index (χ2n) is 7.61. The van der Waals surface area contributed by atoms with E-state index in [1.165, 1.54) is 30.0 Å². The van der Waals surface area contributed by atoms with Crippen LogP contribution in [0, 0.1) is 0 Å². The van der Waals surface area contributed by atoms with Crippen LogP contribution in [0.1, 0.15) is 47.4 Å². The molecule has 8 heteroatoms. The lowest BCUT2D eigenvalue weighted by Gasteiger charge is -2.18. The molecule has 0 bridgehead atoms. The Balaban J connectivity index is 1.82. The smallest absolute Gasteiger partial charge is 0.339 e. The van der Waals surface area contributed by atoms with Crippen molar-refractivity contribution in [3.63, 3.8) is 0 Å². The van der Waals surface area contributed by atoms with Crippen LogP contribution in [0.2, 0.25) is 0 Å². The number of rotatable bonds is 10. The molecule has 176 valence electrons. The fourth-order valence-electron chi connectivity index (χ4n) is 3.24. The topological polar surface area (TPSA) is 116 Å². The lowest BCUT2D eigenvalue weighted by Crippen LogP contribution is -2.19. The highest BCUT2D eigenvalue weighted by atomic mass is 32.2. The number of carboxylic acid groups (broad SMARTS) is 1. The number of hydrogen-bond acceptors (Lipinski definition) is 5. The number of carbonyl (C=O) groups excluding carboxylic acids is 2. The third kappa shape index (κ3) is 6.86. The molecule has 34 heavy (non-hydrogen) atoms. The van der Waals surface area contributed by atoms with Gasteiger partial charge in [-0.3, -0.25) is 9.59 Å². The van der Waals surface area contributed by atoms with Gasteiger partial charge >= 0.3 is 5.97 Å². The van der Waals surface area contributed by atoms with E-state index >= 15 is 0 Å². The zero-order valence-corrected chi connectivity index (χ0v) is 19.5. The minimum absolute atomic E-state index is 0.0529. The minimum Gasteiger partial charge on any atom is -0.507 e. The first-order valence-corrected chi connectivity index (χ1v) is 11.7. The lowest BCUT2D eigenvalue weighted by molar-refractivity contribution is -0.116. The third-order valence-electron chi connectivity index (χ3n) is 4.96. The van der Waals surface area contributed by atoms with Gasteiger partial charge in [0.15, 0.2) is 0 Å². The van der Waals surface area contributed by atoms with Crippen molar-refractivity contribution in [1.82, 2.24) is 0 Å². The van der Waals surface area contributed by atoms with Crippen molar-refractivity contribution >= 4 is 40.9 Å². The Hall–Kier alpha value is -3.78. The molecular weight excluding hydrogens is 452 g/mol. The summed E-state index contributed by atoms with van der Waals surface area (Å²) in [6, 6.07) is 20.4. The number of aromatic hydroxyl groups is 1. The summed E-state index contributed by atoms with van der Waals surface area (Å²) >= 11 is 1.31. The summed E-state index contributed by atoms with van der Waals surface area (Å²) in [7, 11) is 0. The second-order valence-corrected chi connectivity index (χ2v) is 8.79. The van der Waals surface area contributed by atoms with Crippen LogP contribution in [0.4, 0.5) is 11.4 Å². The molecule has 1 unspecified atom stereocenters. The van der Waals surface area contributed by atoms with E-state index in [4.69, 9.17) is 0 Å². The van der Waals surface area contributed by atoms with E-state index in [-0.39, 0.29) is 28.8 Å². The van der Waals surface area contributed by atoms with Crippen LogP contribution >= 0.6 is 11.8 Å². The van der Waals surface area contributed by atoms with Crippen molar-refractivity contribution in [3.05, 3.63) is 83.9 Å². The van der Waals surface area contributed by atoms with Crippen LogP contribution in [0.15, 0.2) is 77.7 Å². The fourth-order valence-corrected chi connectivity index (χ4v) is 4.32. The summed E-state index contributed by atoms with van der Waals surface area (Å²) in [5, 5.41) is 24.0. The number of hydrogen-bond donors (Lipinski definition) is 4. The average Bonchev–Trinajstić information content (AvgIpc) is 2.83. The molecular formula is C26H26N2O5S. The maximum absolute atomic E-state index is 13.3. The normalized spacial score (nSPS) is 11.4. The first kappa shape index (κ1) is 24.9. The molecule has 0 fully saturated rings. The first-order valence-electron chi connectivity index (χ1n) is 10.9. The molecule has 1 atom stereocenters. The van der Waals surface area contributed by atoms with Crippen molar-refractivity contribution in [2.45, 2.75) is 36.3 Å². The van der Waals surface area contributed by atoms with Gasteiger partial charge in [-0.15, -0.1) is 11.8 Å². The standard InChI is InChI=1S/C26H26N2O5S/c1-2-3-12-23(30)27-18-10-7-11-20(15-18)34-24(17-8-5-4-6-9-17)25(31)28-19-13-14-22(29)21(16-19)26(32)33/h4-11,13-16,24,29H,2-3,12H2,1H3,(H,27,30)(H,28,31)(H,32,33). The minimum atomic E-state index is -1.29. The van der Waals surface area contributed by atoms with Gasteiger partial charge in [0.25, 0.3) is 0 Å². The summed E-state index contributed by atoms with van der Waals surface area (Å²) in [5.41, 5.74) is 1.38. The van der Waals surface area contributed by atoms with Gasteiger partial charge in [0.05, 0.1) is 0 Å². The van der Waals surface area contributed by atoms with Gasteiger partial charge in [0, 0.05) is 22.7 Å². The van der Waals surface area contributed by atoms with Gasteiger partial charge in [-0.1, -0.05) is 49.7 Å². The number of carboxylic acids is 1. The second kappa shape index (κ2) is 11.9. The van der Waals surface area contributed by atoms with Crippen LogP contribution in [0.5, 0.6) is 5.75 Å². The molecule has 0 heterocycles. The Morgan fingerprint density at radius 1 is 0.912 bits per heavy atom. The zero-order valence-electron chi connectivity index (χ0n) is 18.7. The largest absolute Gasteiger partial charge is 0.507 e. The highest BCUT2D eigenvalue weighted by molar-refractivity contribution is 8.00. The number of carbonyl (C=O) groups is 3. The van der Waals surface area contributed by atoms with Crippen LogP contribution in [-0.2, 0) is 9.59 Å². The average molecular weight is 479 g/mol. The predicted octanol–water partition coefficient (Wildman–Crippen LogP) is 5.69. The monoisotopic (exact) mass is 478 g/mol. The van der Waals surface area contributed by atoms with Crippen molar-refractivity contribution in [2.75, 3.05) is 10.6 Å². The first-order chi connectivity index (χ1) is 16.4. The number of thioether (sulfide) groups is 1. The van der Waals surface area contributed by atoms with Crippen molar-refractivity contribution in [1.29, 1.82) is 0 Å². The van der Waals surface area contributed by atoms with Crippen LogP contribution in [0.25, 0.3) is 0 Å². The van der Waals surface area contributed by atoms with Gasteiger partial charge in [-0.05, 0) is 48.4 Å². The summed E-state index contributed by atoms with van der Waals surface area (Å²) < 4.78 is 0. The lowest BCUT2D eigenvalue weighted by atomic mass is 10.1. The molecule has 0 spiro atoms. The molecule has 0 saturated carbocycles. The molecule has 3 aromatic carbocycles. The Morgan fingerprint density at radius 2 is 1.65 bits per heavy atom. The maximum Gasteiger partial charge on any atom is 0.339 e. The molecule has 0 aliphatic carbocycles. The quantitative estimate of drug-likeness (QED) is 0.220. The third-order valence-corrected chi connectivity index (χ3v) is 6.21. The molecule has 3 rings (SSSR count). The van der Waals surface area contributed by atoms with E-state index in [0.29, 0.717) is 12.1 Å². The number of amides is 2. The van der Waals surface area contributed by atoms with Crippen LogP contribution in [-0.4, -0.2) is 28.0 Å². The van der Waals surface area contributed by atoms with E-state index < -0.39 is 11.2 Å². The SMILES string of the molecule is CCCCC(=O)Nc1cccc(SC(C(=O)Nc2ccc(O)c(C(=O)O)c2)c2ccccc2)c1. The summed E-state index contributed by atoms with van der Waals surface area (Å²) in [6.07, 6.45) is 2.21. The van der Waals surface area contributed by atoms with E-state index in [1.54, 1.807) is 6.07 Å². The van der Waals surface area contributed by atoms with Crippen LogP contribution in [0.3, 0.4) is 0 Å². The molecule has 3 aromatic rings. The predicted molar refractivity (Wildman–Crippen MR) is 133 cm³/mol. The summed E-state index contributed by atoms with van der Waals surface area (Å²) in [4.78, 5) is 37.5. The van der Waals surface area contributed by atoms with Gasteiger partial charge in [0.1, 0.15) is 16.6 Å². The van der Waals surface area contributed by atoms with E-state index in [2.05, 4.69) is 10.6 Å². The van der Waals surface area contributed by atoms with Gasteiger partial charge in [0.2, 0.25) is 11.8 Å². The van der Waals surface area contributed by atoms with Gasteiger partial charge < -0.3 is 20.8 Å². The number of anilines is 2. The molecule has 0 aliphatic rings. The van der Waals surface area contributed by atoms with Gasteiger partial charge in [-0.2, -0.15) is 0 Å². The molecule has 0 radical (unpaired) electrons. The molecule has 0 saturated heterocycles. The molecule has 7 nitrogen and oxygen atoms in total. The van der Waals surface area contributed by atoms with E-state index in [9.17, 15) is 24.6 Å².